The predicted octanol–water partition coefficient (Wildman–Crippen LogP) is 6.14. The average molecular weight is 519 g/mol. The van der Waals surface area contributed by atoms with Crippen LogP contribution >= 0.6 is 11.3 Å². The molecule has 0 saturated carbocycles. The topological polar surface area (TPSA) is 75.7 Å². The summed E-state index contributed by atoms with van der Waals surface area (Å²) in [4.78, 5) is 12.2. The molecule has 0 radical (unpaired) electrons. The second-order valence-electron chi connectivity index (χ2n) is 8.46. The van der Waals surface area contributed by atoms with Gasteiger partial charge in [0, 0.05) is 4.70 Å². The van der Waals surface area contributed by atoms with Crippen molar-refractivity contribution < 1.29 is 35.5 Å². The average Bonchev–Trinajstić information content (AvgIpc) is 3.00. The minimum atomic E-state index is -4.97. The quantitative estimate of drug-likeness (QED) is 0.412. The number of nitrogens with one attached hydrogen (secondary N) is 1. The summed E-state index contributed by atoms with van der Waals surface area (Å²) < 4.78 is 88.2. The third kappa shape index (κ3) is 5.79. The Labute approximate surface area is 198 Å². The van der Waals surface area contributed by atoms with E-state index in [-0.39, 0.29) is 10.6 Å². The lowest BCUT2D eigenvalue weighted by Gasteiger charge is -2.26. The predicted molar refractivity (Wildman–Crippen MR) is 122 cm³/mol. The van der Waals surface area contributed by atoms with E-state index < -0.39 is 46.0 Å². The van der Waals surface area contributed by atoms with Gasteiger partial charge < -0.3 is 4.74 Å². The van der Waals surface area contributed by atoms with Crippen LogP contribution < -0.4 is 9.03 Å². The molecule has 3 aromatic rings. The number of carbonyl (C=O) groups excluding carboxylic acids is 1. The number of rotatable bonds is 5. The molecule has 1 aromatic heterocycles. The number of nitrogens with zero attached hydrogens (tertiary/aromatic N) is 1. The van der Waals surface area contributed by atoms with Gasteiger partial charge in [0.1, 0.15) is 16.4 Å². The van der Waals surface area contributed by atoms with Crippen LogP contribution in [-0.4, -0.2) is 20.1 Å². The Balaban J connectivity index is 2.09. The van der Waals surface area contributed by atoms with Crippen LogP contribution in [0.1, 0.15) is 37.5 Å². The maximum atomic E-state index is 13.8. The van der Waals surface area contributed by atoms with Crippen molar-refractivity contribution >= 4 is 42.7 Å². The van der Waals surface area contributed by atoms with Gasteiger partial charge in [-0.25, -0.2) is 18.2 Å². The minimum absolute atomic E-state index is 0.125. The highest BCUT2D eigenvalue weighted by molar-refractivity contribution is 7.91. The molecule has 0 bridgehead atoms. The van der Waals surface area contributed by atoms with E-state index in [9.17, 15) is 30.8 Å². The van der Waals surface area contributed by atoms with Gasteiger partial charge in [-0.05, 0) is 62.4 Å². The minimum Gasteiger partial charge on any atom is -0.443 e. The van der Waals surface area contributed by atoms with E-state index in [1.807, 2.05) is 0 Å². The molecule has 0 saturated heterocycles. The van der Waals surface area contributed by atoms with E-state index in [2.05, 4.69) is 0 Å². The summed E-state index contributed by atoms with van der Waals surface area (Å²) in [5.74, 6) is -1.48. The normalized spacial score (nSPS) is 12.6. The van der Waals surface area contributed by atoms with Gasteiger partial charge in [-0.1, -0.05) is 24.3 Å². The zero-order valence-electron chi connectivity index (χ0n) is 18.7. The molecule has 34 heavy (non-hydrogen) atoms. The van der Waals surface area contributed by atoms with Gasteiger partial charge in [0.25, 0.3) is 0 Å². The smallest absolute Gasteiger partial charge is 0.422 e. The van der Waals surface area contributed by atoms with Gasteiger partial charge in [-0.15, -0.1) is 11.3 Å². The number of fused-ring (bicyclic) bond motifs is 1. The number of hydrogen-bond donors (Lipinski definition) is 1. The van der Waals surface area contributed by atoms with E-state index in [4.69, 9.17) is 4.74 Å². The summed E-state index contributed by atoms with van der Waals surface area (Å²) in [7, 11) is -4.63. The van der Waals surface area contributed by atoms with Gasteiger partial charge >= 0.3 is 22.5 Å². The Morgan fingerprint density at radius 2 is 1.76 bits per heavy atom. The molecule has 0 atom stereocenters. The van der Waals surface area contributed by atoms with Gasteiger partial charge in [-0.3, -0.25) is 0 Å². The Hall–Kier alpha value is -2.86. The van der Waals surface area contributed by atoms with Crippen LogP contribution in [0.2, 0.25) is 0 Å². The molecule has 184 valence electrons. The zero-order valence-corrected chi connectivity index (χ0v) is 20.3. The Morgan fingerprint density at radius 1 is 1.12 bits per heavy atom. The van der Waals surface area contributed by atoms with Crippen LogP contribution in [-0.2, 0) is 27.7 Å². The van der Waals surface area contributed by atoms with Crippen molar-refractivity contribution in [1.29, 1.82) is 0 Å². The summed E-state index contributed by atoms with van der Waals surface area (Å²) in [6.45, 7) is 5.71. The molecular weight excluding hydrogens is 496 g/mol. The van der Waals surface area contributed by atoms with E-state index in [1.165, 1.54) is 0 Å². The highest BCUT2D eigenvalue weighted by Crippen LogP contribution is 2.40. The lowest BCUT2D eigenvalue weighted by molar-refractivity contribution is -0.140. The maximum Gasteiger partial charge on any atom is 0.422 e. The zero-order chi connectivity index (χ0) is 25.5. The number of amides is 1. The van der Waals surface area contributed by atoms with Gasteiger partial charge in [0.05, 0.1) is 12.1 Å². The molecule has 0 unspecified atom stereocenters. The second-order valence-corrected chi connectivity index (χ2v) is 11.1. The lowest BCUT2D eigenvalue weighted by atomic mass is 10.1. The van der Waals surface area contributed by atoms with Crippen molar-refractivity contribution in [3.8, 4) is 0 Å². The molecule has 0 aliphatic rings. The number of aryl methyl sites for hydroxylation is 1. The molecule has 3 rings (SSSR count). The molecule has 0 aliphatic carbocycles. The van der Waals surface area contributed by atoms with E-state index in [0.717, 1.165) is 31.8 Å². The van der Waals surface area contributed by atoms with Gasteiger partial charge in [-0.2, -0.15) is 21.6 Å². The van der Waals surface area contributed by atoms with Crippen molar-refractivity contribution in [2.75, 3.05) is 4.31 Å². The van der Waals surface area contributed by atoms with Crippen LogP contribution in [0.15, 0.2) is 42.5 Å². The van der Waals surface area contributed by atoms with Crippen LogP contribution in [0.3, 0.4) is 0 Å². The number of thiophene rings is 1. The van der Waals surface area contributed by atoms with Crippen LogP contribution in [0.25, 0.3) is 10.1 Å². The molecule has 12 heteroatoms. The molecule has 2 aromatic carbocycles. The summed E-state index contributed by atoms with van der Waals surface area (Å²) in [5.41, 5.74) is -2.08. The Morgan fingerprint density at radius 3 is 2.35 bits per heavy atom. The number of benzene rings is 2. The molecule has 0 spiro atoms. The first kappa shape index (κ1) is 25.8. The Kier molecular flexibility index (Phi) is 6.87. The van der Waals surface area contributed by atoms with Crippen LogP contribution in [0, 0.1) is 12.7 Å². The third-order valence-corrected chi connectivity index (χ3v) is 7.34. The molecule has 1 N–H and O–H groups in total. The summed E-state index contributed by atoms with van der Waals surface area (Å²) in [5, 5.41) is 0.935. The highest BCUT2D eigenvalue weighted by Gasteiger charge is 2.35. The fourth-order valence-electron chi connectivity index (χ4n) is 3.18. The number of alkyl halides is 3. The van der Waals surface area contributed by atoms with Crippen molar-refractivity contribution in [2.24, 2.45) is 0 Å². The molecule has 1 heterocycles. The van der Waals surface area contributed by atoms with Crippen LogP contribution in [0.5, 0.6) is 0 Å². The monoisotopic (exact) mass is 518 g/mol. The molecular formula is C22H22F4N2O4S2. The number of carbonyl (C=O) groups is 1. The van der Waals surface area contributed by atoms with Gasteiger partial charge in [0.15, 0.2) is 0 Å². The fourth-order valence-corrected chi connectivity index (χ4v) is 5.74. The standard InChI is InChI=1S/C22H22F4N2O4S2/c1-13-15-7-5-6-8-18(15)33-19(13)28(34(30,31)27-20(29)32-21(2,3)4)12-14-9-10-17(23)16(11-14)22(24,25)26/h5-11H,12H2,1-4H3,(H,27,29). The SMILES string of the molecule is Cc1c(N(Cc2ccc(F)c(C(F)(F)F)c2)S(=O)(=O)NC(=O)OC(C)(C)C)sc2ccccc12. The largest absolute Gasteiger partial charge is 0.443 e. The van der Waals surface area contributed by atoms with E-state index >= 15 is 0 Å². The van der Waals surface area contributed by atoms with Crippen LogP contribution in [0.4, 0.5) is 27.4 Å². The first-order chi connectivity index (χ1) is 15.6. The summed E-state index contributed by atoms with van der Waals surface area (Å²) in [6, 6.07) is 9.30. The van der Waals surface area contributed by atoms with Crippen molar-refractivity contribution in [3.05, 3.63) is 65.0 Å². The number of halogens is 4. The third-order valence-electron chi connectivity index (χ3n) is 4.61. The summed E-state index contributed by atoms with van der Waals surface area (Å²) in [6.07, 6.45) is -6.21. The molecule has 0 aliphatic heterocycles. The van der Waals surface area contributed by atoms with Crippen molar-refractivity contribution in [3.63, 3.8) is 0 Å². The first-order valence-electron chi connectivity index (χ1n) is 9.96. The fraction of sp³-hybridized carbons (Fsp3) is 0.318. The van der Waals surface area contributed by atoms with E-state index in [0.29, 0.717) is 17.7 Å². The number of ether oxygens (including phenoxy) is 1. The highest BCUT2D eigenvalue weighted by atomic mass is 32.2. The molecule has 0 fully saturated rings. The summed E-state index contributed by atoms with van der Waals surface area (Å²) >= 11 is 1.09. The molecule has 1 amide bonds. The number of hydrogen-bond acceptors (Lipinski definition) is 5. The van der Waals surface area contributed by atoms with Crippen molar-refractivity contribution in [2.45, 2.75) is 46.0 Å². The Bertz CT molecular complexity index is 1330. The van der Waals surface area contributed by atoms with Crippen molar-refractivity contribution in [1.82, 2.24) is 4.72 Å². The van der Waals surface area contributed by atoms with E-state index in [1.54, 1.807) is 56.7 Å². The van der Waals surface area contributed by atoms with Gasteiger partial charge in [0.2, 0.25) is 0 Å². The maximum absolute atomic E-state index is 13.8. The second kappa shape index (κ2) is 9.06. The number of anilines is 1. The molecule has 6 nitrogen and oxygen atoms in total. The first-order valence-corrected chi connectivity index (χ1v) is 12.2. The lowest BCUT2D eigenvalue weighted by Crippen LogP contribution is -2.45.